The molecule has 2 aromatic heterocycles. The van der Waals surface area contributed by atoms with E-state index >= 15 is 0 Å². The molecular weight excluding hydrogens is 330 g/mol. The van der Waals surface area contributed by atoms with Gasteiger partial charge in [-0.2, -0.15) is 4.98 Å². The number of aryl methyl sites for hydroxylation is 1. The maximum absolute atomic E-state index is 5.40. The minimum absolute atomic E-state index is 0.602. The summed E-state index contributed by atoms with van der Waals surface area (Å²) in [5.41, 5.74) is 1.45. The zero-order chi connectivity index (χ0) is 17.1. The first-order valence-corrected chi connectivity index (χ1v) is 9.37. The highest BCUT2D eigenvalue weighted by molar-refractivity contribution is 7.71. The first-order valence-electron chi connectivity index (χ1n) is 8.96. The van der Waals surface area contributed by atoms with Crippen molar-refractivity contribution in [3.8, 4) is 0 Å². The number of aromatic nitrogens is 4. The van der Waals surface area contributed by atoms with Crippen molar-refractivity contribution in [2.45, 2.75) is 32.4 Å². The van der Waals surface area contributed by atoms with Gasteiger partial charge in [0.1, 0.15) is 0 Å². The molecule has 3 heterocycles. The molecule has 0 saturated carbocycles. The van der Waals surface area contributed by atoms with Crippen molar-refractivity contribution in [3.63, 3.8) is 0 Å². The normalized spacial score (nSPS) is 16.5. The summed E-state index contributed by atoms with van der Waals surface area (Å²) in [7, 11) is 0. The second-order valence-corrected chi connectivity index (χ2v) is 7.15. The third kappa shape index (κ3) is 3.80. The molecule has 0 unspecified atom stereocenters. The minimum Gasteiger partial charge on any atom is -0.284 e. The van der Waals surface area contributed by atoms with Gasteiger partial charge in [-0.3, -0.25) is 4.90 Å². The van der Waals surface area contributed by atoms with E-state index in [4.69, 9.17) is 12.2 Å². The summed E-state index contributed by atoms with van der Waals surface area (Å²) in [6, 6.07) is 12.7. The molecule has 0 aliphatic carbocycles. The van der Waals surface area contributed by atoms with E-state index in [2.05, 4.69) is 45.2 Å². The number of hydrogen-bond acceptors (Lipinski definition) is 4. The molecule has 1 aromatic carbocycles. The predicted molar refractivity (Wildman–Crippen MR) is 101 cm³/mol. The van der Waals surface area contributed by atoms with Crippen molar-refractivity contribution >= 4 is 18.0 Å². The molecule has 1 saturated heterocycles. The molecule has 0 bridgehead atoms. The van der Waals surface area contributed by atoms with E-state index in [0.29, 0.717) is 10.5 Å². The summed E-state index contributed by atoms with van der Waals surface area (Å²) < 4.78 is 4.58. The first-order chi connectivity index (χ1) is 12.3. The van der Waals surface area contributed by atoms with Crippen LogP contribution in [0.1, 0.15) is 24.8 Å². The summed E-state index contributed by atoms with van der Waals surface area (Å²) >= 11 is 5.40. The van der Waals surface area contributed by atoms with Gasteiger partial charge in [-0.05, 0) is 55.4 Å². The Labute approximate surface area is 152 Å². The molecular formula is C19H23N5S. The Morgan fingerprint density at radius 2 is 1.88 bits per heavy atom. The molecule has 0 spiro atoms. The van der Waals surface area contributed by atoms with E-state index in [1.165, 1.54) is 31.2 Å². The summed E-state index contributed by atoms with van der Waals surface area (Å²) in [5.74, 6) is 1.50. The molecule has 1 fully saturated rings. The van der Waals surface area contributed by atoms with E-state index in [1.807, 2.05) is 21.5 Å². The number of fused-ring (bicyclic) bond motifs is 1. The SMILES string of the molecule is S=c1nc2ncccn2n1CN1CCC(CCc2ccccc2)CC1. The van der Waals surface area contributed by atoms with Gasteiger partial charge in [0.05, 0.1) is 6.67 Å². The molecule has 3 aromatic rings. The quantitative estimate of drug-likeness (QED) is 0.658. The van der Waals surface area contributed by atoms with Crippen molar-refractivity contribution in [1.29, 1.82) is 0 Å². The zero-order valence-electron chi connectivity index (χ0n) is 14.3. The van der Waals surface area contributed by atoms with Gasteiger partial charge >= 0.3 is 0 Å². The second-order valence-electron chi connectivity index (χ2n) is 6.79. The van der Waals surface area contributed by atoms with Crippen LogP contribution in [-0.4, -0.2) is 37.2 Å². The summed E-state index contributed by atoms with van der Waals surface area (Å²) in [5, 5.41) is 0. The predicted octanol–water partition coefficient (Wildman–Crippen LogP) is 3.56. The third-order valence-electron chi connectivity index (χ3n) is 5.11. The molecule has 0 radical (unpaired) electrons. The largest absolute Gasteiger partial charge is 0.284 e. The van der Waals surface area contributed by atoms with Crippen LogP contribution in [0.25, 0.3) is 5.78 Å². The lowest BCUT2D eigenvalue weighted by Crippen LogP contribution is -2.36. The summed E-state index contributed by atoms with van der Waals surface area (Å²) in [4.78, 5) is 11.1. The minimum atomic E-state index is 0.602. The van der Waals surface area contributed by atoms with Crippen LogP contribution in [0.15, 0.2) is 48.8 Å². The third-order valence-corrected chi connectivity index (χ3v) is 5.41. The van der Waals surface area contributed by atoms with Gasteiger partial charge in [-0.15, -0.1) is 0 Å². The Hall–Kier alpha value is -2.05. The highest BCUT2D eigenvalue weighted by atomic mass is 32.1. The van der Waals surface area contributed by atoms with Gasteiger partial charge in [-0.1, -0.05) is 30.3 Å². The number of hydrogen-bond donors (Lipinski definition) is 0. The number of piperidine rings is 1. The number of benzene rings is 1. The van der Waals surface area contributed by atoms with Crippen LogP contribution in [0.3, 0.4) is 0 Å². The number of nitrogens with zero attached hydrogens (tertiary/aromatic N) is 5. The summed E-state index contributed by atoms with van der Waals surface area (Å²) in [6.45, 7) is 3.03. The van der Waals surface area contributed by atoms with E-state index < -0.39 is 0 Å². The van der Waals surface area contributed by atoms with E-state index in [-0.39, 0.29) is 0 Å². The van der Waals surface area contributed by atoms with Gasteiger partial charge < -0.3 is 0 Å². The van der Waals surface area contributed by atoms with E-state index in [9.17, 15) is 0 Å². The average Bonchev–Trinajstić information content (AvgIpc) is 2.97. The van der Waals surface area contributed by atoms with E-state index in [1.54, 1.807) is 6.20 Å². The Bertz CT molecular complexity index is 877. The van der Waals surface area contributed by atoms with Crippen LogP contribution in [-0.2, 0) is 13.1 Å². The van der Waals surface area contributed by atoms with Gasteiger partial charge in [0.15, 0.2) is 0 Å². The Morgan fingerprint density at radius 3 is 2.68 bits per heavy atom. The van der Waals surface area contributed by atoms with Crippen LogP contribution < -0.4 is 0 Å². The van der Waals surface area contributed by atoms with Crippen molar-refractivity contribution in [2.24, 2.45) is 5.92 Å². The fourth-order valence-electron chi connectivity index (χ4n) is 3.61. The Morgan fingerprint density at radius 1 is 1.08 bits per heavy atom. The van der Waals surface area contributed by atoms with Crippen molar-refractivity contribution in [2.75, 3.05) is 13.1 Å². The molecule has 130 valence electrons. The molecule has 1 aliphatic rings. The Kier molecular flexibility index (Phi) is 4.90. The lowest BCUT2D eigenvalue weighted by molar-refractivity contribution is 0.134. The molecule has 6 heteroatoms. The van der Waals surface area contributed by atoms with Crippen molar-refractivity contribution in [1.82, 2.24) is 24.1 Å². The standard InChI is InChI=1S/C19H23N5S/c25-19-21-18-20-11-4-12-23(18)24(19)15-22-13-9-17(10-14-22)8-7-16-5-2-1-3-6-16/h1-6,11-12,17H,7-10,13-15H2. The molecule has 0 atom stereocenters. The van der Waals surface area contributed by atoms with Crippen LogP contribution >= 0.6 is 12.2 Å². The summed E-state index contributed by atoms with van der Waals surface area (Å²) in [6.07, 6.45) is 8.72. The monoisotopic (exact) mass is 353 g/mol. The lowest BCUT2D eigenvalue weighted by Gasteiger charge is -2.32. The fourth-order valence-corrected chi connectivity index (χ4v) is 3.84. The van der Waals surface area contributed by atoms with Crippen LogP contribution in [0.2, 0.25) is 0 Å². The van der Waals surface area contributed by atoms with Crippen LogP contribution in [0, 0.1) is 10.7 Å². The molecule has 25 heavy (non-hydrogen) atoms. The second kappa shape index (κ2) is 7.45. The number of rotatable bonds is 5. The van der Waals surface area contributed by atoms with Gasteiger partial charge in [0.2, 0.25) is 4.77 Å². The molecule has 0 N–H and O–H groups in total. The molecule has 0 amide bonds. The van der Waals surface area contributed by atoms with Crippen LogP contribution in [0.4, 0.5) is 0 Å². The van der Waals surface area contributed by atoms with Crippen molar-refractivity contribution in [3.05, 3.63) is 59.1 Å². The lowest BCUT2D eigenvalue weighted by atomic mass is 9.91. The Balaban J connectivity index is 1.33. The number of likely N-dealkylation sites (tertiary alicyclic amines) is 1. The molecule has 1 aliphatic heterocycles. The highest BCUT2D eigenvalue weighted by Gasteiger charge is 2.20. The zero-order valence-corrected chi connectivity index (χ0v) is 15.1. The first kappa shape index (κ1) is 16.4. The fraction of sp³-hybridized carbons (Fsp3) is 0.421. The van der Waals surface area contributed by atoms with E-state index in [0.717, 1.165) is 25.7 Å². The maximum atomic E-state index is 5.40. The maximum Gasteiger partial charge on any atom is 0.251 e. The average molecular weight is 353 g/mol. The topological polar surface area (TPSA) is 38.4 Å². The molecule has 4 rings (SSSR count). The van der Waals surface area contributed by atoms with Gasteiger partial charge in [-0.25, -0.2) is 14.2 Å². The van der Waals surface area contributed by atoms with Crippen LogP contribution in [0.5, 0.6) is 0 Å². The smallest absolute Gasteiger partial charge is 0.251 e. The van der Waals surface area contributed by atoms with Gasteiger partial charge in [0.25, 0.3) is 5.78 Å². The van der Waals surface area contributed by atoms with Gasteiger partial charge in [0, 0.05) is 25.5 Å². The highest BCUT2D eigenvalue weighted by Crippen LogP contribution is 2.22. The van der Waals surface area contributed by atoms with Crippen molar-refractivity contribution < 1.29 is 0 Å². The molecule has 5 nitrogen and oxygen atoms in total.